The van der Waals surface area contributed by atoms with Crippen LogP contribution >= 0.6 is 0 Å². The predicted molar refractivity (Wildman–Crippen MR) is 7.98 cm³/mol. The summed E-state index contributed by atoms with van der Waals surface area (Å²) < 4.78 is 0. The minimum atomic E-state index is 0. The van der Waals surface area contributed by atoms with Gasteiger partial charge in [-0.3, -0.25) is 0 Å². The quantitative estimate of drug-likeness (QED) is 0.537. The Labute approximate surface area is 115 Å². The average Bonchev–Trinajstić information content (AvgIpc) is 0. The second-order valence-electron chi connectivity index (χ2n) is 0. The van der Waals surface area contributed by atoms with Crippen molar-refractivity contribution in [3.05, 3.63) is 0 Å². The van der Waals surface area contributed by atoms with E-state index in [1.807, 2.05) is 0 Å². The van der Waals surface area contributed by atoms with Crippen molar-refractivity contribution in [3.8, 4) is 0 Å². The minimum Gasteiger partial charge on any atom is -1.00 e. The maximum absolute atomic E-state index is 0. The van der Waals surface area contributed by atoms with Gasteiger partial charge in [0, 0.05) is 69.4 Å². The van der Waals surface area contributed by atoms with Crippen molar-refractivity contribution in [2.45, 2.75) is 0 Å². The molecule has 0 nitrogen and oxygen atoms in total. The van der Waals surface area contributed by atoms with Gasteiger partial charge in [0.1, 0.15) is 0 Å². The van der Waals surface area contributed by atoms with Gasteiger partial charge in [0.25, 0.3) is 0 Å². The molecule has 4 heteroatoms. The maximum atomic E-state index is 0. The SMILES string of the molecule is [Co].[H-].[H-].[La].[Mn].[Sr+2]. The molecule has 0 aromatic heterocycles. The van der Waals surface area contributed by atoms with Crippen LogP contribution in [0.5, 0.6) is 0 Å². The van der Waals surface area contributed by atoms with E-state index in [2.05, 4.69) is 0 Å². The molecule has 0 aromatic carbocycles. The van der Waals surface area contributed by atoms with Crippen LogP contribution in [-0.2, 0) is 33.8 Å². The molecule has 0 unspecified atom stereocenters. The molecule has 23 valence electrons. The van der Waals surface area contributed by atoms with E-state index in [0.717, 1.165) is 0 Å². The third-order valence-corrected chi connectivity index (χ3v) is 0. The predicted octanol–water partition coefficient (Wildman–Crippen LogP) is -0.161. The van der Waals surface area contributed by atoms with Crippen LogP contribution in [-0.4, -0.2) is 45.5 Å². The summed E-state index contributed by atoms with van der Waals surface area (Å²) in [5, 5.41) is 0. The summed E-state index contributed by atoms with van der Waals surface area (Å²) in [7, 11) is 0. The van der Waals surface area contributed by atoms with Gasteiger partial charge in [-0.1, -0.05) is 0 Å². The average molecular weight is 342 g/mol. The van der Waals surface area contributed by atoms with E-state index in [-0.39, 0.29) is 118 Å². The zero-order chi connectivity index (χ0) is 0. The van der Waals surface area contributed by atoms with Crippen LogP contribution in [0.4, 0.5) is 0 Å². The third kappa shape index (κ3) is 9.20. The Morgan fingerprint density at radius 3 is 1.25 bits per heavy atom. The number of hydrogen-bond acceptors (Lipinski definition) is 0. The van der Waals surface area contributed by atoms with Gasteiger partial charge in [0.05, 0.1) is 0 Å². The van der Waals surface area contributed by atoms with Gasteiger partial charge >= 0.3 is 45.5 Å². The molecule has 0 atom stereocenters. The summed E-state index contributed by atoms with van der Waals surface area (Å²) in [4.78, 5) is 0. The van der Waals surface area contributed by atoms with Crippen molar-refractivity contribution >= 4 is 45.5 Å². The topological polar surface area (TPSA) is 0 Å². The van der Waals surface area contributed by atoms with E-state index in [9.17, 15) is 0 Å². The van der Waals surface area contributed by atoms with Crippen molar-refractivity contribution in [2.75, 3.05) is 0 Å². The van der Waals surface area contributed by atoms with E-state index in [1.165, 1.54) is 0 Å². The van der Waals surface area contributed by atoms with E-state index in [4.69, 9.17) is 0 Å². The zero-order valence-electron chi connectivity index (χ0n) is 4.00. The monoisotopic (exact) mass is 343 g/mol. The molecule has 0 aliphatic heterocycles. The van der Waals surface area contributed by atoms with Crippen LogP contribution in [0.2, 0.25) is 0 Å². The first-order chi connectivity index (χ1) is 0. The Hall–Kier alpha value is 3.70. The Morgan fingerprint density at radius 1 is 1.25 bits per heavy atom. The molecule has 0 bridgehead atoms. The van der Waals surface area contributed by atoms with Crippen molar-refractivity contribution < 1.29 is 72.3 Å². The molecule has 0 aromatic rings. The molecule has 0 saturated carbocycles. The molecular weight excluding hydrogens is 340 g/mol. The second kappa shape index (κ2) is 15.9. The molecule has 0 aliphatic carbocycles. The fourth-order valence-electron chi connectivity index (χ4n) is 0. The fraction of sp³-hybridized carbons (Fsp3) is 0. The van der Waals surface area contributed by atoms with Crippen LogP contribution in [0.15, 0.2) is 0 Å². The molecule has 0 N–H and O–H groups in total. The molecule has 0 heterocycles. The molecule has 3 radical (unpaired) electrons. The molecule has 0 saturated heterocycles. The number of hydrogen-bond donors (Lipinski definition) is 0. The van der Waals surface area contributed by atoms with Gasteiger partial charge in [-0.15, -0.1) is 0 Å². The van der Waals surface area contributed by atoms with Crippen LogP contribution in [0.3, 0.4) is 0 Å². The van der Waals surface area contributed by atoms with Gasteiger partial charge < -0.3 is 2.85 Å². The first kappa shape index (κ1) is 25.2. The van der Waals surface area contributed by atoms with Gasteiger partial charge in [-0.05, 0) is 0 Å². The van der Waals surface area contributed by atoms with Crippen LogP contribution in [0.1, 0.15) is 2.85 Å². The van der Waals surface area contributed by atoms with Crippen LogP contribution < -0.4 is 0 Å². The van der Waals surface area contributed by atoms with Gasteiger partial charge in [-0.25, -0.2) is 0 Å². The molecular formula is H2CoLaMnSr. The first-order valence-corrected chi connectivity index (χ1v) is 0. The summed E-state index contributed by atoms with van der Waals surface area (Å²) >= 11 is 0. The summed E-state index contributed by atoms with van der Waals surface area (Å²) in [5.74, 6) is 0. The minimum absolute atomic E-state index is 0. The normalized spacial score (nSPS) is 0. The van der Waals surface area contributed by atoms with Gasteiger partial charge in [-0.2, -0.15) is 0 Å². The molecule has 0 spiro atoms. The van der Waals surface area contributed by atoms with Crippen molar-refractivity contribution in [3.63, 3.8) is 0 Å². The second-order valence-corrected chi connectivity index (χ2v) is 0. The zero-order valence-corrected chi connectivity index (χ0v) is 11.3. The van der Waals surface area contributed by atoms with Crippen molar-refractivity contribution in [1.82, 2.24) is 0 Å². The molecule has 0 rings (SSSR count). The van der Waals surface area contributed by atoms with Gasteiger partial charge in [0.15, 0.2) is 0 Å². The largest absolute Gasteiger partial charge is 2.00 e. The summed E-state index contributed by atoms with van der Waals surface area (Å²) in [6.45, 7) is 0. The van der Waals surface area contributed by atoms with Crippen molar-refractivity contribution in [1.29, 1.82) is 0 Å². The van der Waals surface area contributed by atoms with Crippen LogP contribution in [0.25, 0.3) is 0 Å². The summed E-state index contributed by atoms with van der Waals surface area (Å²) in [6, 6.07) is 0. The maximum Gasteiger partial charge on any atom is 2.00 e. The summed E-state index contributed by atoms with van der Waals surface area (Å²) in [6.07, 6.45) is 0. The molecule has 0 aliphatic rings. The van der Waals surface area contributed by atoms with Gasteiger partial charge in [0.2, 0.25) is 0 Å². The van der Waals surface area contributed by atoms with Crippen LogP contribution in [0, 0.1) is 35.6 Å². The Balaban J connectivity index is 0. The molecule has 0 fully saturated rings. The Bertz CT molecular complexity index is 13.5. The van der Waals surface area contributed by atoms with E-state index in [0.29, 0.717) is 0 Å². The summed E-state index contributed by atoms with van der Waals surface area (Å²) in [5.41, 5.74) is 0. The Kier molecular flexibility index (Phi) is 100. The standard InChI is InChI=1S/Co.La.Mn.Sr.2H/q;;;+2;2*-1. The first-order valence-electron chi connectivity index (χ1n) is 0. The molecule has 0 amide bonds. The van der Waals surface area contributed by atoms with E-state index >= 15 is 0 Å². The molecule has 4 heavy (non-hydrogen) atoms. The van der Waals surface area contributed by atoms with E-state index < -0.39 is 0 Å². The Morgan fingerprint density at radius 2 is 1.25 bits per heavy atom. The van der Waals surface area contributed by atoms with E-state index in [1.54, 1.807) is 0 Å². The smallest absolute Gasteiger partial charge is 1.00 e. The van der Waals surface area contributed by atoms with Crippen molar-refractivity contribution in [2.24, 2.45) is 0 Å². The number of rotatable bonds is 0. The fourth-order valence-corrected chi connectivity index (χ4v) is 0. The third-order valence-electron chi connectivity index (χ3n) is 0.